The minimum absolute atomic E-state index is 0.00634. The minimum atomic E-state index is -0.613. The number of alkyl halides is 1. The number of hydrogen-bond donors (Lipinski definition) is 1. The van der Waals surface area contributed by atoms with E-state index in [-0.39, 0.29) is 22.4 Å². The Balaban J connectivity index is 2.85. The maximum absolute atomic E-state index is 13.1. The van der Waals surface area contributed by atoms with Crippen molar-refractivity contribution < 1.29 is 9.18 Å². The van der Waals surface area contributed by atoms with Gasteiger partial charge in [-0.15, -0.1) is 11.6 Å². The van der Waals surface area contributed by atoms with Gasteiger partial charge in [0, 0.05) is 17.0 Å². The molecule has 88 valence electrons. The van der Waals surface area contributed by atoms with E-state index in [2.05, 4.69) is 5.32 Å². The summed E-state index contributed by atoms with van der Waals surface area (Å²) >= 11 is 11.2. The summed E-state index contributed by atoms with van der Waals surface area (Å²) in [4.78, 5) is 11.7. The summed E-state index contributed by atoms with van der Waals surface area (Å²) in [5.74, 6) is -0.714. The molecule has 1 rings (SSSR count). The fourth-order valence-electron chi connectivity index (χ4n) is 1.05. The third-order valence-electron chi connectivity index (χ3n) is 1.97. The molecule has 0 aromatic heterocycles. The number of nitrogens with one attached hydrogen (secondary N) is 1. The molecule has 1 N–H and O–H groups in total. The van der Waals surface area contributed by atoms with E-state index in [1.807, 2.05) is 0 Å². The summed E-state index contributed by atoms with van der Waals surface area (Å²) in [6, 6.07) is 3.91. The molecule has 5 heteroatoms. The van der Waals surface area contributed by atoms with Crippen molar-refractivity contribution in [3.05, 3.63) is 34.6 Å². The molecule has 16 heavy (non-hydrogen) atoms. The van der Waals surface area contributed by atoms with Crippen LogP contribution in [0.15, 0.2) is 18.2 Å². The molecule has 0 fully saturated rings. The second-order valence-electron chi connectivity index (χ2n) is 4.10. The van der Waals surface area contributed by atoms with E-state index in [9.17, 15) is 9.18 Å². The first-order chi connectivity index (χ1) is 7.35. The third kappa shape index (κ3) is 3.35. The molecule has 0 bridgehead atoms. The van der Waals surface area contributed by atoms with Crippen molar-refractivity contribution in [3.8, 4) is 0 Å². The van der Waals surface area contributed by atoms with Crippen LogP contribution in [0.3, 0.4) is 0 Å². The third-order valence-corrected chi connectivity index (χ3v) is 2.94. The summed E-state index contributed by atoms with van der Waals surface area (Å²) in [6.45, 7) is 3.56. The summed E-state index contributed by atoms with van der Waals surface area (Å²) in [5, 5.41) is 2.68. The molecular weight excluding hydrogens is 252 g/mol. The summed E-state index contributed by atoms with van der Waals surface area (Å²) < 4.78 is 13.1. The number of amides is 1. The van der Waals surface area contributed by atoms with Crippen molar-refractivity contribution in [2.24, 2.45) is 0 Å². The largest absolute Gasteiger partial charge is 0.346 e. The van der Waals surface area contributed by atoms with E-state index in [1.54, 1.807) is 13.8 Å². The molecule has 0 saturated heterocycles. The monoisotopic (exact) mass is 263 g/mol. The van der Waals surface area contributed by atoms with Gasteiger partial charge in [0.2, 0.25) is 0 Å². The van der Waals surface area contributed by atoms with Crippen molar-refractivity contribution in [1.82, 2.24) is 5.32 Å². The standard InChI is InChI=1S/C11H12Cl2FNO/c1-11(2,6-12)15-10(16)7-3-4-8(13)9(14)5-7/h3-5H,6H2,1-2H3,(H,15,16). The Labute approximate surface area is 104 Å². The van der Waals surface area contributed by atoms with Gasteiger partial charge in [-0.3, -0.25) is 4.79 Å². The van der Waals surface area contributed by atoms with Crippen molar-refractivity contribution in [2.45, 2.75) is 19.4 Å². The van der Waals surface area contributed by atoms with E-state index < -0.39 is 11.4 Å². The highest BCUT2D eigenvalue weighted by Gasteiger charge is 2.20. The van der Waals surface area contributed by atoms with Gasteiger partial charge in [-0.1, -0.05) is 11.6 Å². The first kappa shape index (κ1) is 13.3. The van der Waals surface area contributed by atoms with Crippen LogP contribution in [0.4, 0.5) is 4.39 Å². The SMILES string of the molecule is CC(C)(CCl)NC(=O)c1ccc(Cl)c(F)c1. The van der Waals surface area contributed by atoms with Crippen LogP contribution in [-0.4, -0.2) is 17.3 Å². The van der Waals surface area contributed by atoms with Gasteiger partial charge in [-0.2, -0.15) is 0 Å². The quantitative estimate of drug-likeness (QED) is 0.834. The summed E-state index contributed by atoms with van der Waals surface area (Å²) in [5.41, 5.74) is -0.311. The predicted molar refractivity (Wildman–Crippen MR) is 63.7 cm³/mol. The minimum Gasteiger partial charge on any atom is -0.346 e. The van der Waals surface area contributed by atoms with Crippen molar-refractivity contribution in [1.29, 1.82) is 0 Å². The Kier molecular flexibility index (Phi) is 4.16. The lowest BCUT2D eigenvalue weighted by molar-refractivity contribution is 0.0920. The van der Waals surface area contributed by atoms with Gasteiger partial charge in [0.15, 0.2) is 0 Å². The zero-order valence-electron chi connectivity index (χ0n) is 8.98. The molecule has 0 aliphatic rings. The van der Waals surface area contributed by atoms with E-state index in [1.165, 1.54) is 12.1 Å². The van der Waals surface area contributed by atoms with Crippen LogP contribution >= 0.6 is 23.2 Å². The molecule has 0 radical (unpaired) electrons. The molecule has 0 spiro atoms. The Morgan fingerprint density at radius 2 is 2.12 bits per heavy atom. The van der Waals surface area contributed by atoms with E-state index in [0.29, 0.717) is 0 Å². The van der Waals surface area contributed by atoms with Crippen molar-refractivity contribution >= 4 is 29.1 Å². The highest BCUT2D eigenvalue weighted by molar-refractivity contribution is 6.30. The van der Waals surface area contributed by atoms with Gasteiger partial charge >= 0.3 is 0 Å². The highest BCUT2D eigenvalue weighted by atomic mass is 35.5. The normalized spacial score (nSPS) is 11.3. The number of benzene rings is 1. The van der Waals surface area contributed by atoms with Crippen molar-refractivity contribution in [2.75, 3.05) is 5.88 Å². The lowest BCUT2D eigenvalue weighted by Gasteiger charge is -2.23. The van der Waals surface area contributed by atoms with E-state index >= 15 is 0 Å². The maximum Gasteiger partial charge on any atom is 0.251 e. The fraction of sp³-hybridized carbons (Fsp3) is 0.364. The second kappa shape index (κ2) is 5.02. The molecule has 2 nitrogen and oxygen atoms in total. The average Bonchev–Trinajstić information content (AvgIpc) is 2.21. The number of halogens is 3. The van der Waals surface area contributed by atoms with E-state index in [0.717, 1.165) is 6.07 Å². The molecule has 0 aliphatic heterocycles. The molecule has 0 unspecified atom stereocenters. The fourth-order valence-corrected chi connectivity index (χ4v) is 1.23. The van der Waals surface area contributed by atoms with Gasteiger partial charge in [-0.25, -0.2) is 4.39 Å². The summed E-state index contributed by atoms with van der Waals surface area (Å²) in [6.07, 6.45) is 0. The zero-order chi connectivity index (χ0) is 12.3. The first-order valence-corrected chi connectivity index (χ1v) is 5.60. The van der Waals surface area contributed by atoms with Gasteiger partial charge in [-0.05, 0) is 32.0 Å². The average molecular weight is 264 g/mol. The van der Waals surface area contributed by atoms with Crippen LogP contribution < -0.4 is 5.32 Å². The van der Waals surface area contributed by atoms with Gasteiger partial charge in [0.05, 0.1) is 5.02 Å². The van der Waals surface area contributed by atoms with Gasteiger partial charge in [0.25, 0.3) is 5.91 Å². The lowest BCUT2D eigenvalue weighted by Crippen LogP contribution is -2.44. The zero-order valence-corrected chi connectivity index (χ0v) is 10.5. The molecule has 0 heterocycles. The van der Waals surface area contributed by atoms with Crippen LogP contribution in [0.2, 0.25) is 5.02 Å². The molecular formula is C11H12Cl2FNO. The number of rotatable bonds is 3. The van der Waals surface area contributed by atoms with Crippen LogP contribution in [0.25, 0.3) is 0 Å². The highest BCUT2D eigenvalue weighted by Crippen LogP contribution is 2.16. The van der Waals surface area contributed by atoms with Crippen LogP contribution in [0.5, 0.6) is 0 Å². The Bertz CT molecular complexity index is 407. The predicted octanol–water partition coefficient (Wildman–Crippen LogP) is 3.23. The van der Waals surface area contributed by atoms with Gasteiger partial charge < -0.3 is 5.32 Å². The Morgan fingerprint density at radius 1 is 1.50 bits per heavy atom. The van der Waals surface area contributed by atoms with Crippen LogP contribution in [0, 0.1) is 5.82 Å². The number of hydrogen-bond acceptors (Lipinski definition) is 1. The first-order valence-electron chi connectivity index (χ1n) is 4.69. The summed E-state index contributed by atoms with van der Waals surface area (Å²) in [7, 11) is 0. The Morgan fingerprint density at radius 3 is 2.62 bits per heavy atom. The van der Waals surface area contributed by atoms with Crippen molar-refractivity contribution in [3.63, 3.8) is 0 Å². The second-order valence-corrected chi connectivity index (χ2v) is 4.77. The topological polar surface area (TPSA) is 29.1 Å². The number of carbonyl (C=O) groups is 1. The molecule has 1 aromatic carbocycles. The smallest absolute Gasteiger partial charge is 0.251 e. The maximum atomic E-state index is 13.1. The lowest BCUT2D eigenvalue weighted by atomic mass is 10.1. The van der Waals surface area contributed by atoms with Gasteiger partial charge in [0.1, 0.15) is 5.82 Å². The Hall–Kier alpha value is -0.800. The molecule has 1 amide bonds. The van der Waals surface area contributed by atoms with E-state index in [4.69, 9.17) is 23.2 Å². The number of carbonyl (C=O) groups excluding carboxylic acids is 1. The molecule has 0 aliphatic carbocycles. The molecule has 0 atom stereocenters. The molecule has 1 aromatic rings. The molecule has 0 saturated carbocycles. The van der Waals surface area contributed by atoms with Crippen LogP contribution in [-0.2, 0) is 0 Å². The van der Waals surface area contributed by atoms with Crippen LogP contribution in [0.1, 0.15) is 24.2 Å².